The maximum absolute atomic E-state index is 12.5. The molecular weight excluding hydrogens is 411 g/mol. The van der Waals surface area contributed by atoms with E-state index in [2.05, 4.69) is 26.3 Å². The number of fused-ring (bicyclic) bond motifs is 1. The summed E-state index contributed by atoms with van der Waals surface area (Å²) in [5.74, 6) is -0.0404. The molecule has 1 N–H and O–H groups in total. The largest absolute Gasteiger partial charge is 0.397 e. The molecule has 0 bridgehead atoms. The van der Waals surface area contributed by atoms with Gasteiger partial charge in [0, 0.05) is 31.5 Å². The van der Waals surface area contributed by atoms with Crippen LogP contribution in [0.25, 0.3) is 17.2 Å². The van der Waals surface area contributed by atoms with Crippen LogP contribution in [0, 0.1) is 11.3 Å². The molecule has 11 heteroatoms. The summed E-state index contributed by atoms with van der Waals surface area (Å²) in [6.07, 6.45) is 0.155. The van der Waals surface area contributed by atoms with Gasteiger partial charge in [-0.25, -0.2) is 15.0 Å². The number of nitriles is 1. The number of alkyl halides is 3. The van der Waals surface area contributed by atoms with Gasteiger partial charge in [0.2, 0.25) is 5.91 Å². The summed E-state index contributed by atoms with van der Waals surface area (Å²) < 4.78 is 39.3. The minimum atomic E-state index is -4.52. The van der Waals surface area contributed by atoms with E-state index in [9.17, 15) is 18.0 Å². The van der Waals surface area contributed by atoms with Gasteiger partial charge in [0.25, 0.3) is 0 Å². The van der Waals surface area contributed by atoms with Gasteiger partial charge in [-0.3, -0.25) is 9.20 Å². The first-order chi connectivity index (χ1) is 14.8. The molecule has 31 heavy (non-hydrogen) atoms. The van der Waals surface area contributed by atoms with E-state index in [1.807, 2.05) is 0 Å². The summed E-state index contributed by atoms with van der Waals surface area (Å²) in [5, 5.41) is 12.3. The Hall–Kier alpha value is -3.68. The number of anilines is 1. The van der Waals surface area contributed by atoms with Gasteiger partial charge in [0.15, 0.2) is 5.82 Å². The Bertz CT molecular complexity index is 1150. The van der Waals surface area contributed by atoms with Gasteiger partial charge in [0.1, 0.15) is 29.6 Å². The number of nitrogens with zero attached hydrogens (tertiary/aromatic N) is 6. The molecule has 8 nitrogen and oxygen atoms in total. The van der Waals surface area contributed by atoms with E-state index in [1.54, 1.807) is 41.2 Å². The van der Waals surface area contributed by atoms with Gasteiger partial charge in [0.05, 0.1) is 11.8 Å². The number of carbonyl (C=O) groups excluding carboxylic acids is 1. The lowest BCUT2D eigenvalue weighted by Gasteiger charge is -2.33. The lowest BCUT2D eigenvalue weighted by Crippen LogP contribution is -2.46. The number of piperidine rings is 1. The van der Waals surface area contributed by atoms with Crippen LogP contribution in [0.5, 0.6) is 0 Å². The number of aromatic nitrogens is 4. The Balaban J connectivity index is 1.51. The molecule has 3 aromatic heterocycles. The van der Waals surface area contributed by atoms with E-state index in [-0.39, 0.29) is 12.6 Å². The van der Waals surface area contributed by atoms with Crippen LogP contribution in [0.4, 0.5) is 19.0 Å². The Morgan fingerprint density at radius 2 is 2.13 bits per heavy atom. The summed E-state index contributed by atoms with van der Waals surface area (Å²) in [5.41, 5.74) is 1.70. The van der Waals surface area contributed by atoms with Crippen molar-refractivity contribution in [2.45, 2.75) is 31.5 Å². The van der Waals surface area contributed by atoms with E-state index >= 15 is 0 Å². The van der Waals surface area contributed by atoms with Gasteiger partial charge in [-0.15, -0.1) is 0 Å². The van der Waals surface area contributed by atoms with Crippen LogP contribution >= 0.6 is 0 Å². The average Bonchev–Trinajstić information content (AvgIpc) is 3.16. The quantitative estimate of drug-likeness (QED) is 0.685. The summed E-state index contributed by atoms with van der Waals surface area (Å²) in [6, 6.07) is 6.90. The number of nitrogens with one attached hydrogen (secondary N) is 1. The molecule has 3 aromatic rings. The van der Waals surface area contributed by atoms with Crippen molar-refractivity contribution in [1.82, 2.24) is 24.3 Å². The lowest BCUT2D eigenvalue weighted by molar-refractivity contribution is -0.162. The zero-order valence-electron chi connectivity index (χ0n) is 16.3. The highest BCUT2D eigenvalue weighted by atomic mass is 19.4. The number of halogens is 3. The average molecular weight is 429 g/mol. The molecule has 0 aromatic carbocycles. The van der Waals surface area contributed by atoms with E-state index in [0.717, 1.165) is 0 Å². The van der Waals surface area contributed by atoms with Crippen molar-refractivity contribution in [3.05, 3.63) is 42.4 Å². The second-order valence-electron chi connectivity index (χ2n) is 7.28. The molecule has 1 saturated heterocycles. The van der Waals surface area contributed by atoms with Crippen molar-refractivity contribution in [3.63, 3.8) is 0 Å². The minimum absolute atomic E-state index is 0.176. The molecule has 0 radical (unpaired) electrons. The normalized spacial score (nSPS) is 16.8. The molecule has 1 aliphatic heterocycles. The smallest absolute Gasteiger partial charge is 0.365 e. The maximum atomic E-state index is 12.5. The van der Waals surface area contributed by atoms with Crippen LogP contribution in [0.3, 0.4) is 0 Å². The second-order valence-corrected chi connectivity index (χ2v) is 7.28. The Kier molecular flexibility index (Phi) is 5.46. The number of imidazole rings is 1. The van der Waals surface area contributed by atoms with Crippen molar-refractivity contribution in [3.8, 4) is 17.6 Å². The van der Waals surface area contributed by atoms with Crippen molar-refractivity contribution in [2.24, 2.45) is 0 Å². The van der Waals surface area contributed by atoms with Gasteiger partial charge in [-0.2, -0.15) is 18.4 Å². The molecule has 0 aliphatic carbocycles. The molecule has 4 heterocycles. The standard InChI is InChI=1S/C20H18F3N7O/c21-20(22,23)8-18(31)29-7-1-2-14(12-29)27-16-5-6-25-19(28-16)15-10-26-17-4-3-13(9-24)11-30(15)17/h3-6,10-11,14H,1-2,7-8,12H2,(H,25,27,28). The Morgan fingerprint density at radius 1 is 1.29 bits per heavy atom. The highest BCUT2D eigenvalue weighted by Crippen LogP contribution is 2.24. The van der Waals surface area contributed by atoms with Gasteiger partial charge >= 0.3 is 6.18 Å². The first kappa shape index (κ1) is 20.6. The number of pyridine rings is 1. The van der Waals surface area contributed by atoms with E-state index in [0.29, 0.717) is 47.9 Å². The zero-order chi connectivity index (χ0) is 22.0. The Labute approximate surface area is 175 Å². The van der Waals surface area contributed by atoms with Crippen LogP contribution in [0.1, 0.15) is 24.8 Å². The van der Waals surface area contributed by atoms with E-state index < -0.39 is 18.5 Å². The number of amides is 1. The predicted octanol–water partition coefficient (Wildman–Crippen LogP) is 3.02. The molecule has 1 atom stereocenters. The molecule has 1 aliphatic rings. The highest BCUT2D eigenvalue weighted by Gasteiger charge is 2.35. The molecule has 4 rings (SSSR count). The van der Waals surface area contributed by atoms with Crippen molar-refractivity contribution in [1.29, 1.82) is 5.26 Å². The molecule has 1 fully saturated rings. The third-order valence-electron chi connectivity index (χ3n) is 5.00. The van der Waals surface area contributed by atoms with E-state index in [1.165, 1.54) is 4.90 Å². The summed E-state index contributed by atoms with van der Waals surface area (Å²) in [6.45, 7) is 0.487. The van der Waals surface area contributed by atoms with Crippen LogP contribution < -0.4 is 5.32 Å². The topological polar surface area (TPSA) is 99.2 Å². The number of rotatable bonds is 4. The maximum Gasteiger partial charge on any atom is 0.397 e. The second kappa shape index (κ2) is 8.22. The number of likely N-dealkylation sites (tertiary alicyclic amines) is 1. The number of hydrogen-bond donors (Lipinski definition) is 1. The molecule has 1 unspecified atom stereocenters. The lowest BCUT2D eigenvalue weighted by atomic mass is 10.1. The fourth-order valence-corrected chi connectivity index (χ4v) is 3.59. The van der Waals surface area contributed by atoms with Crippen LogP contribution in [-0.2, 0) is 4.79 Å². The predicted molar refractivity (Wildman–Crippen MR) is 105 cm³/mol. The van der Waals surface area contributed by atoms with Gasteiger partial charge in [-0.1, -0.05) is 0 Å². The van der Waals surface area contributed by atoms with Crippen molar-refractivity contribution >= 4 is 17.4 Å². The molecule has 0 saturated carbocycles. The summed E-state index contributed by atoms with van der Waals surface area (Å²) in [7, 11) is 0. The SMILES string of the molecule is N#Cc1ccc2ncc(-c3nccc(NC4CCCN(C(=O)CC(F)(F)F)C4)n3)n2c1. The van der Waals surface area contributed by atoms with Gasteiger partial charge < -0.3 is 10.2 Å². The molecule has 1 amide bonds. The zero-order valence-corrected chi connectivity index (χ0v) is 16.3. The van der Waals surface area contributed by atoms with Crippen LogP contribution in [-0.4, -0.2) is 55.5 Å². The third kappa shape index (κ3) is 4.74. The van der Waals surface area contributed by atoms with Crippen LogP contribution in [0.15, 0.2) is 36.8 Å². The van der Waals surface area contributed by atoms with Gasteiger partial charge in [-0.05, 0) is 31.0 Å². The van der Waals surface area contributed by atoms with E-state index in [4.69, 9.17) is 5.26 Å². The molecule has 0 spiro atoms. The Morgan fingerprint density at radius 3 is 2.90 bits per heavy atom. The summed E-state index contributed by atoms with van der Waals surface area (Å²) in [4.78, 5) is 26.2. The fourth-order valence-electron chi connectivity index (χ4n) is 3.59. The fraction of sp³-hybridized carbons (Fsp3) is 0.350. The summed E-state index contributed by atoms with van der Waals surface area (Å²) >= 11 is 0. The third-order valence-corrected chi connectivity index (χ3v) is 5.00. The molecular formula is C20H18F3N7O. The van der Waals surface area contributed by atoms with Crippen LogP contribution in [0.2, 0.25) is 0 Å². The van der Waals surface area contributed by atoms with Crippen molar-refractivity contribution in [2.75, 3.05) is 18.4 Å². The first-order valence-electron chi connectivity index (χ1n) is 9.64. The highest BCUT2D eigenvalue weighted by molar-refractivity contribution is 5.77. The number of carbonyl (C=O) groups is 1. The molecule has 160 valence electrons. The van der Waals surface area contributed by atoms with Crippen molar-refractivity contribution < 1.29 is 18.0 Å². The monoisotopic (exact) mass is 429 g/mol. The first-order valence-corrected chi connectivity index (χ1v) is 9.64. The number of hydrogen-bond acceptors (Lipinski definition) is 6. The minimum Gasteiger partial charge on any atom is -0.365 e.